The minimum atomic E-state index is -0.658. The number of halogens is 1. The summed E-state index contributed by atoms with van der Waals surface area (Å²) < 4.78 is 26.7. The number of hydrogen-bond acceptors (Lipinski definition) is 8. The van der Waals surface area contributed by atoms with E-state index >= 15 is 0 Å². The van der Waals surface area contributed by atoms with Crippen LogP contribution < -0.4 is 20.1 Å². The summed E-state index contributed by atoms with van der Waals surface area (Å²) in [5.41, 5.74) is 3.83. The number of carbonyl (C=O) groups excluding carboxylic acids is 3. The molecule has 4 heterocycles. The zero-order chi connectivity index (χ0) is 31.6. The van der Waals surface area contributed by atoms with Crippen molar-refractivity contribution in [3.8, 4) is 22.6 Å². The number of benzene rings is 3. The number of H-pyrrole nitrogens is 1. The monoisotopic (exact) mass is 621 g/mol. The number of likely N-dealkylation sites (tertiary alicyclic amines) is 1. The van der Waals surface area contributed by atoms with Gasteiger partial charge in [-0.3, -0.25) is 19.4 Å². The number of piperidine rings is 1. The standard InChI is InChI=1S/C33H28FN7O5/c34-24-8-19-9-26(13-24)46-30-6-7-41(33(44)21-4-5-27-28(12-21)39-40-38-27)17-29(30)37-32(43)23-10-22(15-35-16-23)20-2-1-3-25(11-20)45-18-31(42)36-14-19/h1-5,8-13,15-16,29-30H,6-7,14,17-18H2,(H,36,42)(H,37,43)(H,38,39,40)/t29-,30+/m1/s1. The first-order chi connectivity index (χ1) is 22.4. The maximum absolute atomic E-state index is 14.7. The second kappa shape index (κ2) is 12.3. The first-order valence-electron chi connectivity index (χ1n) is 14.7. The third-order valence-corrected chi connectivity index (χ3v) is 7.96. The van der Waals surface area contributed by atoms with E-state index in [1.165, 1.54) is 18.3 Å². The van der Waals surface area contributed by atoms with Crippen LogP contribution in [0.25, 0.3) is 22.2 Å². The summed E-state index contributed by atoms with van der Waals surface area (Å²) in [6.07, 6.45) is 2.84. The van der Waals surface area contributed by atoms with Gasteiger partial charge in [0, 0.05) is 55.6 Å². The third-order valence-electron chi connectivity index (χ3n) is 7.96. The Kier molecular flexibility index (Phi) is 7.71. The molecule has 5 aromatic rings. The van der Waals surface area contributed by atoms with Crippen molar-refractivity contribution >= 4 is 28.8 Å². The van der Waals surface area contributed by atoms with Crippen LogP contribution in [0.15, 0.2) is 79.1 Å². The fourth-order valence-corrected chi connectivity index (χ4v) is 5.66. The van der Waals surface area contributed by atoms with E-state index in [0.29, 0.717) is 52.0 Å². The van der Waals surface area contributed by atoms with Gasteiger partial charge in [0.15, 0.2) is 6.61 Å². The number of aromatic amines is 1. The largest absolute Gasteiger partial charge is 0.488 e. The highest BCUT2D eigenvalue weighted by Crippen LogP contribution is 2.26. The maximum atomic E-state index is 14.7. The van der Waals surface area contributed by atoms with Crippen LogP contribution in [0.1, 0.15) is 32.7 Å². The van der Waals surface area contributed by atoms with Gasteiger partial charge in [-0.2, -0.15) is 15.4 Å². The molecule has 0 unspecified atom stereocenters. The molecule has 3 amide bonds. The number of carbonyl (C=O) groups is 3. The number of rotatable bonds is 1. The molecule has 2 atom stereocenters. The molecule has 12 nitrogen and oxygen atoms in total. The number of aromatic nitrogens is 4. The Balaban J connectivity index is 1.21. The lowest BCUT2D eigenvalue weighted by Gasteiger charge is -2.39. The molecule has 2 aromatic heterocycles. The van der Waals surface area contributed by atoms with Gasteiger partial charge in [-0.05, 0) is 59.7 Å². The SMILES string of the molecule is O=C1COc2cccc(c2)-c2cncc(c2)C(=O)N[C@@H]2CN(C(=O)c3ccc4n[nH]nc4c3)CC[C@@H]2Oc2cc(F)cc(c2)CN1. The van der Waals surface area contributed by atoms with Crippen molar-refractivity contribution in [3.05, 3.63) is 102 Å². The van der Waals surface area contributed by atoms with Crippen molar-refractivity contribution in [3.63, 3.8) is 0 Å². The second-order valence-electron chi connectivity index (χ2n) is 11.2. The Labute approximate surface area is 261 Å². The molecule has 232 valence electrons. The van der Waals surface area contributed by atoms with Crippen LogP contribution >= 0.6 is 0 Å². The zero-order valence-electron chi connectivity index (χ0n) is 24.4. The van der Waals surface area contributed by atoms with Gasteiger partial charge >= 0.3 is 0 Å². The third kappa shape index (κ3) is 6.20. The van der Waals surface area contributed by atoms with Crippen molar-refractivity contribution in [2.24, 2.45) is 0 Å². The molecule has 3 N–H and O–H groups in total. The van der Waals surface area contributed by atoms with Crippen molar-refractivity contribution in [1.29, 1.82) is 0 Å². The Bertz CT molecular complexity index is 1960. The van der Waals surface area contributed by atoms with E-state index in [-0.39, 0.29) is 37.3 Å². The van der Waals surface area contributed by atoms with Crippen LogP contribution in [0, 0.1) is 5.82 Å². The van der Waals surface area contributed by atoms with Gasteiger partial charge in [0.2, 0.25) is 0 Å². The van der Waals surface area contributed by atoms with Gasteiger partial charge in [-0.25, -0.2) is 4.39 Å². The average molecular weight is 622 g/mol. The zero-order valence-corrected chi connectivity index (χ0v) is 24.4. The molecule has 0 radical (unpaired) electrons. The predicted octanol–water partition coefficient (Wildman–Crippen LogP) is 3.26. The van der Waals surface area contributed by atoms with Gasteiger partial charge in [0.05, 0.1) is 11.6 Å². The summed E-state index contributed by atoms with van der Waals surface area (Å²) in [6.45, 7) is 0.278. The summed E-state index contributed by atoms with van der Waals surface area (Å²) in [5, 5.41) is 16.4. The highest BCUT2D eigenvalue weighted by atomic mass is 19.1. The van der Waals surface area contributed by atoms with Gasteiger partial charge in [0.1, 0.15) is 34.5 Å². The molecule has 0 spiro atoms. The van der Waals surface area contributed by atoms with E-state index < -0.39 is 23.9 Å². The molecular weight excluding hydrogens is 593 g/mol. The number of nitrogens with one attached hydrogen (secondary N) is 3. The molecule has 2 aliphatic heterocycles. The minimum absolute atomic E-state index is 0.0524. The molecule has 6 bridgehead atoms. The Morgan fingerprint density at radius 1 is 0.913 bits per heavy atom. The van der Waals surface area contributed by atoms with Crippen LogP contribution in [0.2, 0.25) is 0 Å². The Morgan fingerprint density at radius 2 is 1.78 bits per heavy atom. The van der Waals surface area contributed by atoms with E-state index in [0.717, 1.165) is 5.56 Å². The van der Waals surface area contributed by atoms with Gasteiger partial charge in [-0.15, -0.1) is 0 Å². The molecular formula is C33H28FN7O5. The summed E-state index contributed by atoms with van der Waals surface area (Å²) >= 11 is 0. The first kappa shape index (κ1) is 28.9. The summed E-state index contributed by atoms with van der Waals surface area (Å²) in [5.74, 6) is -0.875. The lowest BCUT2D eigenvalue weighted by molar-refractivity contribution is -0.123. The quantitative estimate of drug-likeness (QED) is 0.258. The molecule has 13 heteroatoms. The minimum Gasteiger partial charge on any atom is -0.488 e. The molecule has 46 heavy (non-hydrogen) atoms. The summed E-state index contributed by atoms with van der Waals surface area (Å²) in [4.78, 5) is 45.7. The predicted molar refractivity (Wildman–Crippen MR) is 163 cm³/mol. The summed E-state index contributed by atoms with van der Waals surface area (Å²) in [6, 6.07) is 17.4. The number of amides is 3. The van der Waals surface area contributed by atoms with Crippen LogP contribution in [0.5, 0.6) is 11.5 Å². The Morgan fingerprint density at radius 3 is 2.70 bits per heavy atom. The molecule has 0 aliphatic carbocycles. The summed E-state index contributed by atoms with van der Waals surface area (Å²) in [7, 11) is 0. The number of ether oxygens (including phenoxy) is 2. The molecule has 1 fully saturated rings. The van der Waals surface area contributed by atoms with Gasteiger partial charge in [0.25, 0.3) is 17.7 Å². The fraction of sp³-hybridized carbons (Fsp3) is 0.212. The smallest absolute Gasteiger partial charge is 0.258 e. The topological polar surface area (TPSA) is 151 Å². The van der Waals surface area contributed by atoms with E-state index in [2.05, 4.69) is 31.0 Å². The number of nitrogens with zero attached hydrogens (tertiary/aromatic N) is 4. The fourth-order valence-electron chi connectivity index (χ4n) is 5.66. The van der Waals surface area contributed by atoms with Gasteiger partial charge < -0.3 is 25.0 Å². The lowest BCUT2D eigenvalue weighted by Crippen LogP contribution is -2.58. The van der Waals surface area contributed by atoms with Crippen molar-refractivity contribution in [2.45, 2.75) is 25.1 Å². The second-order valence-corrected chi connectivity index (χ2v) is 11.2. The highest BCUT2D eigenvalue weighted by molar-refractivity contribution is 5.98. The van der Waals surface area contributed by atoms with Crippen molar-refractivity contribution in [1.82, 2.24) is 35.9 Å². The van der Waals surface area contributed by atoms with Gasteiger partial charge in [-0.1, -0.05) is 12.1 Å². The molecule has 3 aromatic carbocycles. The number of fused-ring (bicyclic) bond motifs is 9. The van der Waals surface area contributed by atoms with E-state index in [9.17, 15) is 18.8 Å². The van der Waals surface area contributed by atoms with E-state index in [1.54, 1.807) is 59.6 Å². The van der Waals surface area contributed by atoms with Crippen LogP contribution in [-0.4, -0.2) is 74.9 Å². The average Bonchev–Trinajstić information content (AvgIpc) is 3.55. The Hall–Kier alpha value is -5.85. The van der Waals surface area contributed by atoms with E-state index in [4.69, 9.17) is 9.47 Å². The molecule has 2 aliphatic rings. The maximum Gasteiger partial charge on any atom is 0.258 e. The van der Waals surface area contributed by atoms with Crippen LogP contribution in [0.3, 0.4) is 0 Å². The number of pyridine rings is 1. The lowest BCUT2D eigenvalue weighted by atomic mass is 9.99. The molecule has 1 saturated heterocycles. The van der Waals surface area contributed by atoms with E-state index in [1.807, 2.05) is 6.07 Å². The molecule has 0 saturated carbocycles. The molecule has 7 rings (SSSR count). The van der Waals surface area contributed by atoms with Crippen molar-refractivity contribution in [2.75, 3.05) is 19.7 Å². The number of hydrogen-bond donors (Lipinski definition) is 3. The highest BCUT2D eigenvalue weighted by Gasteiger charge is 2.35. The van der Waals surface area contributed by atoms with Crippen LogP contribution in [-0.2, 0) is 11.3 Å². The van der Waals surface area contributed by atoms with Crippen LogP contribution in [0.4, 0.5) is 4.39 Å². The first-order valence-corrected chi connectivity index (χ1v) is 14.7. The van der Waals surface area contributed by atoms with Crippen molar-refractivity contribution < 1.29 is 28.2 Å². The normalized spacial score (nSPS) is 18.5.